The highest BCUT2D eigenvalue weighted by Gasteiger charge is 2.24. The quantitative estimate of drug-likeness (QED) is 0.610. The van der Waals surface area contributed by atoms with E-state index in [1.54, 1.807) is 0 Å². The number of rotatable bonds is 3. The van der Waals surface area contributed by atoms with Gasteiger partial charge in [-0.2, -0.15) is 0 Å². The van der Waals surface area contributed by atoms with Crippen LogP contribution in [0.3, 0.4) is 0 Å². The van der Waals surface area contributed by atoms with E-state index in [4.69, 9.17) is 9.98 Å². The molecule has 132 valence electrons. The van der Waals surface area contributed by atoms with Crippen LogP contribution in [0.15, 0.2) is 77.0 Å². The number of aliphatic imine (C=N–C) groups is 2. The molecule has 1 atom stereocenters. The van der Waals surface area contributed by atoms with Crippen LogP contribution in [0.1, 0.15) is 40.0 Å². The lowest BCUT2D eigenvalue weighted by atomic mass is 9.97. The van der Waals surface area contributed by atoms with E-state index in [-0.39, 0.29) is 0 Å². The maximum absolute atomic E-state index is 4.93. The molecule has 0 fully saturated rings. The number of thioether (sulfide) groups is 1. The summed E-state index contributed by atoms with van der Waals surface area (Å²) in [7, 11) is 0. The van der Waals surface area contributed by atoms with Gasteiger partial charge in [-0.3, -0.25) is 9.98 Å². The second-order valence-corrected chi connectivity index (χ2v) is 8.31. The molecule has 0 aliphatic carbocycles. The summed E-state index contributed by atoms with van der Waals surface area (Å²) in [6.45, 7) is 3.00. The fourth-order valence-electron chi connectivity index (χ4n) is 3.69. The Labute approximate surface area is 163 Å². The van der Waals surface area contributed by atoms with Crippen LogP contribution >= 0.6 is 11.8 Å². The summed E-state index contributed by atoms with van der Waals surface area (Å²) in [5.74, 6) is 0. The van der Waals surface area contributed by atoms with Crippen molar-refractivity contribution in [3.05, 3.63) is 94.8 Å². The molecule has 1 aromatic heterocycles. The largest absolute Gasteiger partial charge is 0.279 e. The Balaban J connectivity index is 1.41. The van der Waals surface area contributed by atoms with Gasteiger partial charge in [0.1, 0.15) is 0 Å². The third kappa shape index (κ3) is 3.10. The van der Waals surface area contributed by atoms with Gasteiger partial charge < -0.3 is 0 Å². The van der Waals surface area contributed by atoms with Gasteiger partial charge in [0.15, 0.2) is 0 Å². The van der Waals surface area contributed by atoms with Gasteiger partial charge in [-0.25, -0.2) is 4.99 Å². The van der Waals surface area contributed by atoms with Crippen molar-refractivity contribution in [3.63, 3.8) is 0 Å². The van der Waals surface area contributed by atoms with Crippen molar-refractivity contribution in [1.82, 2.24) is 4.98 Å². The van der Waals surface area contributed by atoms with Crippen molar-refractivity contribution >= 4 is 28.2 Å². The molecular weight excluding hydrogens is 350 g/mol. The Bertz CT molecular complexity index is 1060. The van der Waals surface area contributed by atoms with Crippen LogP contribution in [0.2, 0.25) is 0 Å². The average Bonchev–Trinajstić information content (AvgIpc) is 3.30. The Morgan fingerprint density at radius 3 is 2.59 bits per heavy atom. The molecule has 5 rings (SSSR count). The molecule has 1 unspecified atom stereocenters. The lowest BCUT2D eigenvalue weighted by Crippen LogP contribution is -2.01. The van der Waals surface area contributed by atoms with Crippen molar-refractivity contribution in [2.75, 3.05) is 0 Å². The lowest BCUT2D eigenvalue weighted by molar-refractivity contribution is 1.10. The first-order valence-corrected chi connectivity index (χ1v) is 10.1. The average molecular weight is 369 g/mol. The zero-order chi connectivity index (χ0) is 18.2. The van der Waals surface area contributed by atoms with Crippen LogP contribution in [-0.4, -0.2) is 15.7 Å². The molecule has 0 bridgehead atoms. The maximum atomic E-state index is 4.93. The molecule has 2 aromatic carbocycles. The second kappa shape index (κ2) is 6.78. The number of fused-ring (bicyclic) bond motifs is 2. The van der Waals surface area contributed by atoms with Gasteiger partial charge in [0.05, 0.1) is 23.0 Å². The second-order valence-electron chi connectivity index (χ2n) is 6.89. The van der Waals surface area contributed by atoms with Crippen LogP contribution < -0.4 is 0 Å². The van der Waals surface area contributed by atoms with Gasteiger partial charge >= 0.3 is 0 Å². The van der Waals surface area contributed by atoms with E-state index >= 15 is 0 Å². The first-order chi connectivity index (χ1) is 13.3. The van der Waals surface area contributed by atoms with E-state index < -0.39 is 0 Å². The predicted molar refractivity (Wildman–Crippen MR) is 113 cm³/mol. The molecule has 2 aliphatic rings. The molecule has 4 heteroatoms. The van der Waals surface area contributed by atoms with Crippen molar-refractivity contribution in [3.8, 4) is 0 Å². The summed E-state index contributed by atoms with van der Waals surface area (Å²) in [4.78, 5) is 13.8. The Hall–Kier alpha value is -2.72. The number of aromatic nitrogens is 1. The standard InChI is InChI=1S/C23H19N3S/c1-15(16-5-3-2-4-6-16)27-22-12-18-11-19-14-25-23(17-7-9-24-10-8-17)20(19)13-21(18)26-22/h2-11,13,15H,12,14H2,1H3. The predicted octanol–water partition coefficient (Wildman–Crippen LogP) is 5.51. The summed E-state index contributed by atoms with van der Waals surface area (Å²) in [6, 6.07) is 19.2. The smallest absolute Gasteiger partial charge is 0.0789 e. The van der Waals surface area contributed by atoms with E-state index in [2.05, 4.69) is 54.4 Å². The first kappa shape index (κ1) is 16.5. The van der Waals surface area contributed by atoms with Crippen LogP contribution in [0.5, 0.6) is 0 Å². The van der Waals surface area contributed by atoms with Gasteiger partial charge in [-0.15, -0.1) is 11.8 Å². The van der Waals surface area contributed by atoms with Crippen LogP contribution in [0.4, 0.5) is 5.69 Å². The molecule has 27 heavy (non-hydrogen) atoms. The van der Waals surface area contributed by atoms with E-state index in [9.17, 15) is 0 Å². The molecule has 2 aliphatic heterocycles. The first-order valence-electron chi connectivity index (χ1n) is 9.18. The van der Waals surface area contributed by atoms with E-state index in [0.717, 1.165) is 29.9 Å². The minimum Gasteiger partial charge on any atom is -0.279 e. The minimum atomic E-state index is 0.403. The van der Waals surface area contributed by atoms with E-state index in [0.29, 0.717) is 5.25 Å². The number of nitrogens with zero attached hydrogens (tertiary/aromatic N) is 3. The van der Waals surface area contributed by atoms with Gasteiger partial charge in [0.25, 0.3) is 0 Å². The number of hydrogen-bond donors (Lipinski definition) is 0. The molecule has 0 saturated heterocycles. The third-order valence-electron chi connectivity index (χ3n) is 5.09. The van der Waals surface area contributed by atoms with Gasteiger partial charge in [0, 0.05) is 35.2 Å². The molecule has 0 N–H and O–H groups in total. The SMILES string of the molecule is CC(SC1=Nc2cc3c(cc2C1)CN=C3c1ccncc1)c1ccccc1. The fourth-order valence-corrected chi connectivity index (χ4v) is 4.78. The minimum absolute atomic E-state index is 0.403. The van der Waals surface area contributed by atoms with Crippen LogP contribution in [-0.2, 0) is 13.0 Å². The summed E-state index contributed by atoms with van der Waals surface area (Å²) in [6.07, 6.45) is 4.57. The maximum Gasteiger partial charge on any atom is 0.0789 e. The number of pyridine rings is 1. The zero-order valence-corrected chi connectivity index (χ0v) is 15.9. The number of hydrogen-bond acceptors (Lipinski definition) is 4. The molecule has 0 saturated carbocycles. The monoisotopic (exact) mass is 369 g/mol. The van der Waals surface area contributed by atoms with Gasteiger partial charge in [-0.1, -0.05) is 36.4 Å². The molecule has 3 aromatic rings. The number of benzene rings is 2. The van der Waals surface area contributed by atoms with Crippen molar-refractivity contribution in [1.29, 1.82) is 0 Å². The summed E-state index contributed by atoms with van der Waals surface area (Å²) in [5, 5.41) is 1.60. The summed E-state index contributed by atoms with van der Waals surface area (Å²) in [5.41, 5.74) is 8.46. The van der Waals surface area contributed by atoms with Gasteiger partial charge in [0.2, 0.25) is 0 Å². The van der Waals surface area contributed by atoms with Crippen LogP contribution in [0.25, 0.3) is 0 Å². The van der Waals surface area contributed by atoms with E-state index in [1.165, 1.54) is 27.3 Å². The highest BCUT2D eigenvalue weighted by molar-refractivity contribution is 8.14. The zero-order valence-electron chi connectivity index (χ0n) is 15.1. The molecule has 3 heterocycles. The van der Waals surface area contributed by atoms with Crippen molar-refractivity contribution < 1.29 is 0 Å². The summed E-state index contributed by atoms with van der Waals surface area (Å²) < 4.78 is 0. The Kier molecular flexibility index (Phi) is 4.13. The molecule has 0 radical (unpaired) electrons. The Morgan fingerprint density at radius 2 is 1.78 bits per heavy atom. The van der Waals surface area contributed by atoms with Gasteiger partial charge in [-0.05, 0) is 41.8 Å². The molecule has 3 nitrogen and oxygen atoms in total. The highest BCUT2D eigenvalue weighted by Crippen LogP contribution is 2.39. The molecule has 0 spiro atoms. The topological polar surface area (TPSA) is 37.6 Å². The Morgan fingerprint density at radius 1 is 0.963 bits per heavy atom. The van der Waals surface area contributed by atoms with E-state index in [1.807, 2.05) is 36.3 Å². The highest BCUT2D eigenvalue weighted by atomic mass is 32.2. The summed E-state index contributed by atoms with van der Waals surface area (Å²) >= 11 is 1.86. The molecule has 0 amide bonds. The van der Waals surface area contributed by atoms with Crippen molar-refractivity contribution in [2.45, 2.75) is 25.1 Å². The normalized spacial score (nSPS) is 15.7. The fraction of sp³-hybridized carbons (Fsp3) is 0.174. The van der Waals surface area contributed by atoms with Crippen molar-refractivity contribution in [2.24, 2.45) is 9.98 Å². The molecular formula is C23H19N3S. The van der Waals surface area contributed by atoms with Crippen LogP contribution in [0, 0.1) is 0 Å². The lowest BCUT2D eigenvalue weighted by Gasteiger charge is -2.10. The third-order valence-corrected chi connectivity index (χ3v) is 6.22.